The number of carbonyl (C=O) groups excluding carboxylic acids is 1. The molecule has 1 aliphatic heterocycles. The molecule has 1 aromatic heterocycles. The lowest BCUT2D eigenvalue weighted by molar-refractivity contribution is 0.0771. The third-order valence-electron chi connectivity index (χ3n) is 5.16. The SMILES string of the molecule is CN1C(=O)c2oc3ccc(F)cc3c(=O)c2[C@@H]1c1ccc(C(C)(C)C)cc1. The Morgan fingerprint density at radius 3 is 2.33 bits per heavy atom. The lowest BCUT2D eigenvalue weighted by Crippen LogP contribution is -2.25. The van der Waals surface area contributed by atoms with E-state index in [0.29, 0.717) is 0 Å². The molecule has 2 aromatic carbocycles. The van der Waals surface area contributed by atoms with E-state index in [1.54, 1.807) is 7.05 Å². The van der Waals surface area contributed by atoms with E-state index in [1.165, 1.54) is 17.0 Å². The van der Waals surface area contributed by atoms with Gasteiger partial charge in [0.1, 0.15) is 11.4 Å². The normalized spacial score (nSPS) is 16.9. The first-order valence-corrected chi connectivity index (χ1v) is 8.82. The molecule has 0 N–H and O–H groups in total. The van der Waals surface area contributed by atoms with Crippen molar-refractivity contribution in [3.05, 3.63) is 81.0 Å². The van der Waals surface area contributed by atoms with Crippen molar-refractivity contribution in [2.45, 2.75) is 32.2 Å². The number of halogens is 1. The van der Waals surface area contributed by atoms with Crippen molar-refractivity contribution in [1.82, 2.24) is 4.90 Å². The molecule has 1 amide bonds. The summed E-state index contributed by atoms with van der Waals surface area (Å²) in [6.45, 7) is 6.37. The maximum atomic E-state index is 13.6. The van der Waals surface area contributed by atoms with Crippen molar-refractivity contribution < 1.29 is 13.6 Å². The summed E-state index contributed by atoms with van der Waals surface area (Å²) >= 11 is 0. The molecule has 4 rings (SSSR count). The molecule has 0 saturated heterocycles. The summed E-state index contributed by atoms with van der Waals surface area (Å²) in [6, 6.07) is 11.1. The van der Waals surface area contributed by atoms with Gasteiger partial charge in [0.15, 0.2) is 5.43 Å². The van der Waals surface area contributed by atoms with Gasteiger partial charge in [-0.25, -0.2) is 4.39 Å². The van der Waals surface area contributed by atoms with E-state index in [2.05, 4.69) is 20.8 Å². The van der Waals surface area contributed by atoms with Crippen LogP contribution in [0.25, 0.3) is 11.0 Å². The van der Waals surface area contributed by atoms with Crippen LogP contribution < -0.4 is 5.43 Å². The van der Waals surface area contributed by atoms with Crippen LogP contribution in [0.4, 0.5) is 4.39 Å². The van der Waals surface area contributed by atoms with Crippen LogP contribution in [0.3, 0.4) is 0 Å². The van der Waals surface area contributed by atoms with Crippen molar-refractivity contribution in [2.24, 2.45) is 0 Å². The fraction of sp³-hybridized carbons (Fsp3) is 0.273. The van der Waals surface area contributed by atoms with Gasteiger partial charge in [-0.1, -0.05) is 45.0 Å². The van der Waals surface area contributed by atoms with E-state index in [1.807, 2.05) is 24.3 Å². The third-order valence-corrected chi connectivity index (χ3v) is 5.16. The van der Waals surface area contributed by atoms with E-state index < -0.39 is 11.9 Å². The van der Waals surface area contributed by atoms with E-state index in [4.69, 9.17) is 4.42 Å². The van der Waals surface area contributed by atoms with Crippen molar-refractivity contribution in [3.63, 3.8) is 0 Å². The highest BCUT2D eigenvalue weighted by molar-refractivity contribution is 5.98. The lowest BCUT2D eigenvalue weighted by atomic mass is 9.86. The summed E-state index contributed by atoms with van der Waals surface area (Å²) in [6.07, 6.45) is 0. The first-order chi connectivity index (χ1) is 12.7. The quantitative estimate of drug-likeness (QED) is 0.642. The first-order valence-electron chi connectivity index (χ1n) is 8.82. The van der Waals surface area contributed by atoms with Gasteiger partial charge in [0.2, 0.25) is 5.76 Å². The second-order valence-corrected chi connectivity index (χ2v) is 8.01. The number of amides is 1. The van der Waals surface area contributed by atoms with Crippen LogP contribution in [0.5, 0.6) is 0 Å². The zero-order valence-electron chi connectivity index (χ0n) is 15.7. The van der Waals surface area contributed by atoms with E-state index in [0.717, 1.165) is 17.2 Å². The Balaban J connectivity index is 1.92. The molecule has 0 bridgehead atoms. The average Bonchev–Trinajstić information content (AvgIpc) is 2.87. The summed E-state index contributed by atoms with van der Waals surface area (Å²) < 4.78 is 19.3. The molecule has 0 spiro atoms. The molecule has 1 aliphatic rings. The highest BCUT2D eigenvalue weighted by Gasteiger charge is 2.40. The van der Waals surface area contributed by atoms with Crippen molar-refractivity contribution in [2.75, 3.05) is 7.05 Å². The number of hydrogen-bond acceptors (Lipinski definition) is 3. The Morgan fingerprint density at radius 1 is 1.04 bits per heavy atom. The van der Waals surface area contributed by atoms with Crippen LogP contribution in [0, 0.1) is 5.82 Å². The summed E-state index contributed by atoms with van der Waals surface area (Å²) in [5, 5.41) is 0.146. The van der Waals surface area contributed by atoms with Gasteiger partial charge in [0, 0.05) is 7.05 Å². The minimum absolute atomic E-state index is 0.000587. The van der Waals surface area contributed by atoms with E-state index in [-0.39, 0.29) is 39.0 Å². The molecule has 0 radical (unpaired) electrons. The first kappa shape index (κ1) is 17.5. The highest BCUT2D eigenvalue weighted by Crippen LogP contribution is 2.37. The standard InChI is InChI=1S/C22H20FNO3/c1-22(2,3)13-7-5-12(6-8-13)18-17-19(25)15-11-14(23)9-10-16(15)27-20(17)21(26)24(18)4/h5-11,18H,1-4H3/t18-/m0/s1. The molecule has 27 heavy (non-hydrogen) atoms. The summed E-state index contributed by atoms with van der Waals surface area (Å²) in [7, 11) is 1.64. The Kier molecular flexibility index (Phi) is 3.74. The summed E-state index contributed by atoms with van der Waals surface area (Å²) in [5.74, 6) is -0.830. The Morgan fingerprint density at radius 2 is 1.70 bits per heavy atom. The Bertz CT molecular complexity index is 1120. The number of hydrogen-bond donors (Lipinski definition) is 0. The number of benzene rings is 2. The monoisotopic (exact) mass is 365 g/mol. The second kappa shape index (κ2) is 5.78. The molecule has 1 atom stereocenters. The van der Waals surface area contributed by atoms with Gasteiger partial charge in [-0.2, -0.15) is 0 Å². The van der Waals surface area contributed by atoms with Crippen molar-refractivity contribution in [3.8, 4) is 0 Å². The minimum Gasteiger partial charge on any atom is -0.450 e. The number of nitrogens with zero attached hydrogens (tertiary/aromatic N) is 1. The number of fused-ring (bicyclic) bond motifs is 2. The van der Waals surface area contributed by atoms with Crippen LogP contribution >= 0.6 is 0 Å². The van der Waals surface area contributed by atoms with Crippen LogP contribution in [-0.4, -0.2) is 17.9 Å². The molecule has 0 unspecified atom stereocenters. The number of carbonyl (C=O) groups is 1. The molecule has 4 nitrogen and oxygen atoms in total. The van der Waals surface area contributed by atoms with Gasteiger partial charge in [-0.3, -0.25) is 9.59 Å². The van der Waals surface area contributed by atoms with E-state index in [9.17, 15) is 14.0 Å². The summed E-state index contributed by atoms with van der Waals surface area (Å²) in [5.41, 5.74) is 2.09. The zero-order valence-corrected chi connectivity index (χ0v) is 15.7. The number of rotatable bonds is 1. The molecule has 2 heterocycles. The molecule has 3 aromatic rings. The van der Waals surface area contributed by atoms with Crippen LogP contribution in [0.15, 0.2) is 51.7 Å². The largest absolute Gasteiger partial charge is 0.450 e. The van der Waals surface area contributed by atoms with Crippen LogP contribution in [0.2, 0.25) is 0 Å². The van der Waals surface area contributed by atoms with Gasteiger partial charge in [-0.05, 0) is 34.7 Å². The predicted octanol–water partition coefficient (Wildman–Crippen LogP) is 4.40. The molecule has 0 aliphatic carbocycles. The van der Waals surface area contributed by atoms with Gasteiger partial charge in [0.05, 0.1) is 17.0 Å². The molecular formula is C22H20FNO3. The molecule has 0 fully saturated rings. The maximum Gasteiger partial charge on any atom is 0.290 e. The molecule has 5 heteroatoms. The smallest absolute Gasteiger partial charge is 0.290 e. The Labute approximate surface area is 156 Å². The van der Waals surface area contributed by atoms with Gasteiger partial charge in [0.25, 0.3) is 5.91 Å². The third kappa shape index (κ3) is 2.65. The fourth-order valence-electron chi connectivity index (χ4n) is 3.62. The molecule has 0 saturated carbocycles. The lowest BCUT2D eigenvalue weighted by Gasteiger charge is -2.23. The minimum atomic E-state index is -0.551. The Hall–Kier alpha value is -2.95. The van der Waals surface area contributed by atoms with Crippen LogP contribution in [0.1, 0.15) is 54.1 Å². The highest BCUT2D eigenvalue weighted by atomic mass is 19.1. The van der Waals surface area contributed by atoms with Crippen molar-refractivity contribution >= 4 is 16.9 Å². The fourth-order valence-corrected chi connectivity index (χ4v) is 3.62. The van der Waals surface area contributed by atoms with Crippen molar-refractivity contribution in [1.29, 1.82) is 0 Å². The van der Waals surface area contributed by atoms with Gasteiger partial charge >= 0.3 is 0 Å². The summed E-state index contributed by atoms with van der Waals surface area (Å²) in [4.78, 5) is 27.3. The zero-order chi connectivity index (χ0) is 19.5. The molecule has 138 valence electrons. The van der Waals surface area contributed by atoms with Crippen LogP contribution in [-0.2, 0) is 5.41 Å². The topological polar surface area (TPSA) is 50.5 Å². The second-order valence-electron chi connectivity index (χ2n) is 8.01. The maximum absolute atomic E-state index is 13.6. The van der Waals surface area contributed by atoms with Gasteiger partial charge in [-0.15, -0.1) is 0 Å². The molecular weight excluding hydrogens is 345 g/mol. The average molecular weight is 365 g/mol. The van der Waals surface area contributed by atoms with Gasteiger partial charge < -0.3 is 9.32 Å². The van der Waals surface area contributed by atoms with E-state index >= 15 is 0 Å². The predicted molar refractivity (Wildman–Crippen MR) is 102 cm³/mol.